The van der Waals surface area contributed by atoms with Crippen LogP contribution in [0.3, 0.4) is 0 Å². The normalized spacial score (nSPS) is 9.72. The number of thiocarbonyl (C=S) groups is 1. The average molecular weight is 268 g/mol. The van der Waals surface area contributed by atoms with E-state index in [1.807, 2.05) is 0 Å². The lowest BCUT2D eigenvalue weighted by molar-refractivity contribution is -0.384. The van der Waals surface area contributed by atoms with Crippen LogP contribution in [0.4, 0.5) is 5.69 Å². The van der Waals surface area contributed by atoms with E-state index >= 15 is 0 Å². The number of hydrogen-bond acceptors (Lipinski definition) is 5. The molecule has 0 unspecified atom stereocenters. The van der Waals surface area contributed by atoms with E-state index in [9.17, 15) is 14.9 Å². The third-order valence-electron chi connectivity index (χ3n) is 2.12. The van der Waals surface area contributed by atoms with E-state index in [4.69, 9.17) is 17.0 Å². The van der Waals surface area contributed by atoms with Gasteiger partial charge in [0.2, 0.25) is 0 Å². The van der Waals surface area contributed by atoms with Gasteiger partial charge in [0.05, 0.1) is 10.5 Å². The first-order chi connectivity index (χ1) is 8.32. The molecular formula is C11H12N2O4S. The van der Waals surface area contributed by atoms with Gasteiger partial charge in [-0.1, -0.05) is 0 Å². The number of carbonyl (C=O) groups is 1. The average Bonchev–Trinajstić information content (AvgIpc) is 2.28. The number of ketones is 1. The summed E-state index contributed by atoms with van der Waals surface area (Å²) in [5.41, 5.74) is -0.0308. The molecule has 1 aromatic rings. The maximum atomic E-state index is 11.4. The standard InChI is InChI=1S/C11H12N2O4S/c1-7(14)9-6-8(13(15)16)4-5-10(9)17-11(18)12(2)3/h4-6H,1-3H3. The van der Waals surface area contributed by atoms with Gasteiger partial charge in [-0.25, -0.2) is 0 Å². The van der Waals surface area contributed by atoms with Crippen LogP contribution in [0.5, 0.6) is 5.75 Å². The zero-order chi connectivity index (χ0) is 13.9. The van der Waals surface area contributed by atoms with E-state index in [0.717, 1.165) is 0 Å². The largest absolute Gasteiger partial charge is 0.431 e. The Morgan fingerprint density at radius 3 is 2.50 bits per heavy atom. The number of nitro groups is 1. The Kier molecular flexibility index (Phi) is 4.33. The molecule has 0 fully saturated rings. The van der Waals surface area contributed by atoms with Crippen LogP contribution in [-0.4, -0.2) is 34.9 Å². The molecule has 0 spiro atoms. The van der Waals surface area contributed by atoms with Gasteiger partial charge in [0.15, 0.2) is 5.78 Å². The first-order valence-electron chi connectivity index (χ1n) is 5.01. The maximum Gasteiger partial charge on any atom is 0.270 e. The minimum Gasteiger partial charge on any atom is -0.431 e. The molecule has 7 heteroatoms. The van der Waals surface area contributed by atoms with Crippen LogP contribution < -0.4 is 4.74 Å². The van der Waals surface area contributed by atoms with Crippen molar-refractivity contribution in [2.24, 2.45) is 0 Å². The molecule has 0 saturated heterocycles. The third kappa shape index (κ3) is 3.24. The van der Waals surface area contributed by atoms with E-state index < -0.39 is 4.92 Å². The van der Waals surface area contributed by atoms with Gasteiger partial charge in [0.1, 0.15) is 5.75 Å². The molecule has 0 N–H and O–H groups in total. The Morgan fingerprint density at radius 1 is 1.44 bits per heavy atom. The van der Waals surface area contributed by atoms with E-state index in [2.05, 4.69) is 0 Å². The number of hydrogen-bond donors (Lipinski definition) is 0. The summed E-state index contributed by atoms with van der Waals surface area (Å²) >= 11 is 4.95. The van der Waals surface area contributed by atoms with Crippen molar-refractivity contribution in [3.63, 3.8) is 0 Å². The number of benzene rings is 1. The molecule has 0 amide bonds. The molecule has 0 aliphatic carbocycles. The van der Waals surface area contributed by atoms with Gasteiger partial charge in [0.25, 0.3) is 10.9 Å². The summed E-state index contributed by atoms with van der Waals surface area (Å²) in [7, 11) is 3.39. The zero-order valence-corrected chi connectivity index (χ0v) is 11.0. The molecule has 0 aliphatic rings. The van der Waals surface area contributed by atoms with Crippen molar-refractivity contribution in [3.05, 3.63) is 33.9 Å². The van der Waals surface area contributed by atoms with Gasteiger partial charge in [-0.05, 0) is 25.2 Å². The van der Waals surface area contributed by atoms with Crippen molar-refractivity contribution in [2.75, 3.05) is 14.1 Å². The molecule has 0 atom stereocenters. The molecule has 1 rings (SSSR count). The Labute approximate surface area is 109 Å². The lowest BCUT2D eigenvalue weighted by Gasteiger charge is -2.15. The van der Waals surface area contributed by atoms with Crippen LogP contribution in [0, 0.1) is 10.1 Å². The van der Waals surface area contributed by atoms with Crippen molar-refractivity contribution >= 4 is 28.9 Å². The van der Waals surface area contributed by atoms with Crippen LogP contribution in [0.15, 0.2) is 18.2 Å². The van der Waals surface area contributed by atoms with Gasteiger partial charge in [-0.3, -0.25) is 14.9 Å². The Morgan fingerprint density at radius 2 is 2.06 bits per heavy atom. The minimum absolute atomic E-state index is 0.133. The summed E-state index contributed by atoms with van der Waals surface area (Å²) in [5, 5.41) is 10.8. The second kappa shape index (κ2) is 5.54. The van der Waals surface area contributed by atoms with E-state index in [0.29, 0.717) is 0 Å². The highest BCUT2D eigenvalue weighted by Gasteiger charge is 2.16. The van der Waals surface area contributed by atoms with E-state index in [-0.39, 0.29) is 28.0 Å². The number of non-ortho nitro benzene ring substituents is 1. The Hall–Kier alpha value is -2.02. The molecule has 0 aromatic heterocycles. The number of Topliss-reactive ketones (excluding diaryl/α,β-unsaturated/α-hetero) is 1. The number of ether oxygens (including phenoxy) is 1. The molecule has 1 aromatic carbocycles. The summed E-state index contributed by atoms with van der Waals surface area (Å²) < 4.78 is 5.32. The van der Waals surface area contributed by atoms with Gasteiger partial charge in [0, 0.05) is 26.2 Å². The predicted octanol–water partition coefficient (Wildman–Crippen LogP) is 2.02. The summed E-state index contributed by atoms with van der Waals surface area (Å²) in [4.78, 5) is 23.1. The fourth-order valence-electron chi connectivity index (χ4n) is 1.18. The molecule has 96 valence electrons. The van der Waals surface area contributed by atoms with Gasteiger partial charge < -0.3 is 9.64 Å². The molecule has 0 heterocycles. The highest BCUT2D eigenvalue weighted by atomic mass is 32.1. The summed E-state index contributed by atoms with van der Waals surface area (Å²) in [5.74, 6) is -0.109. The predicted molar refractivity (Wildman–Crippen MR) is 70.0 cm³/mol. The lowest BCUT2D eigenvalue weighted by atomic mass is 10.1. The van der Waals surface area contributed by atoms with Gasteiger partial charge >= 0.3 is 0 Å². The fourth-order valence-corrected chi connectivity index (χ4v) is 1.27. The summed E-state index contributed by atoms with van der Waals surface area (Å²) in [6, 6.07) is 3.81. The highest BCUT2D eigenvalue weighted by Crippen LogP contribution is 2.25. The molecule has 0 bridgehead atoms. The summed E-state index contributed by atoms with van der Waals surface area (Å²) in [6.07, 6.45) is 0. The van der Waals surface area contributed by atoms with Crippen molar-refractivity contribution in [2.45, 2.75) is 6.92 Å². The number of nitrogens with zero attached hydrogens (tertiary/aromatic N) is 2. The topological polar surface area (TPSA) is 72.7 Å². The molecule has 0 aliphatic heterocycles. The first-order valence-corrected chi connectivity index (χ1v) is 5.42. The molecule has 0 saturated carbocycles. The maximum absolute atomic E-state index is 11.4. The van der Waals surface area contributed by atoms with Crippen molar-refractivity contribution in [1.29, 1.82) is 0 Å². The Balaban J connectivity index is 3.16. The molecular weight excluding hydrogens is 256 g/mol. The van der Waals surface area contributed by atoms with Crippen LogP contribution in [-0.2, 0) is 0 Å². The SMILES string of the molecule is CC(=O)c1cc([N+](=O)[O-])ccc1OC(=S)N(C)C. The van der Waals surface area contributed by atoms with E-state index in [1.165, 1.54) is 25.1 Å². The smallest absolute Gasteiger partial charge is 0.270 e. The zero-order valence-electron chi connectivity index (χ0n) is 10.2. The molecule has 18 heavy (non-hydrogen) atoms. The van der Waals surface area contributed by atoms with Gasteiger partial charge in [-0.2, -0.15) is 0 Å². The number of nitro benzene ring substituents is 1. The monoisotopic (exact) mass is 268 g/mol. The second-order valence-electron chi connectivity index (χ2n) is 3.76. The first kappa shape index (κ1) is 14.0. The minimum atomic E-state index is -0.569. The van der Waals surface area contributed by atoms with Crippen molar-refractivity contribution < 1.29 is 14.5 Å². The number of carbonyl (C=O) groups excluding carboxylic acids is 1. The van der Waals surface area contributed by atoms with Gasteiger partial charge in [-0.15, -0.1) is 0 Å². The second-order valence-corrected chi connectivity index (χ2v) is 4.11. The van der Waals surface area contributed by atoms with Crippen molar-refractivity contribution in [3.8, 4) is 5.75 Å². The van der Waals surface area contributed by atoms with Crippen LogP contribution in [0.1, 0.15) is 17.3 Å². The summed E-state index contributed by atoms with van der Waals surface area (Å²) in [6.45, 7) is 1.31. The number of rotatable bonds is 3. The molecule has 0 radical (unpaired) electrons. The van der Waals surface area contributed by atoms with E-state index in [1.54, 1.807) is 19.0 Å². The quantitative estimate of drug-likeness (QED) is 0.361. The van der Waals surface area contributed by atoms with Crippen LogP contribution in [0.25, 0.3) is 0 Å². The van der Waals surface area contributed by atoms with Crippen molar-refractivity contribution in [1.82, 2.24) is 4.90 Å². The van der Waals surface area contributed by atoms with Crippen LogP contribution >= 0.6 is 12.2 Å². The fraction of sp³-hybridized carbons (Fsp3) is 0.273. The molecule has 6 nitrogen and oxygen atoms in total. The third-order valence-corrected chi connectivity index (χ3v) is 2.56. The van der Waals surface area contributed by atoms with Crippen LogP contribution in [0.2, 0.25) is 0 Å². The lowest BCUT2D eigenvalue weighted by Crippen LogP contribution is -2.25. The Bertz CT molecular complexity index is 514. The highest BCUT2D eigenvalue weighted by molar-refractivity contribution is 7.80.